The van der Waals surface area contributed by atoms with E-state index in [1.54, 1.807) is 0 Å². The predicted octanol–water partition coefficient (Wildman–Crippen LogP) is 3.20. The zero-order valence-corrected chi connectivity index (χ0v) is 12.9. The van der Waals surface area contributed by atoms with Crippen LogP contribution in [0.3, 0.4) is 0 Å². The van der Waals surface area contributed by atoms with E-state index in [1.807, 2.05) is 24.3 Å². The average Bonchev–Trinajstić information content (AvgIpc) is 2.50. The van der Waals surface area contributed by atoms with Gasteiger partial charge in [0.25, 0.3) is 0 Å². The number of halogens is 1. The third-order valence-corrected chi connectivity index (χ3v) is 4.82. The van der Waals surface area contributed by atoms with E-state index in [-0.39, 0.29) is 5.41 Å². The maximum absolute atomic E-state index is 9.53. The quantitative estimate of drug-likeness (QED) is 0.875. The molecule has 1 aromatic carbocycles. The normalized spacial score (nSPS) is 18.9. The molecule has 0 spiro atoms. The summed E-state index contributed by atoms with van der Waals surface area (Å²) in [5.74, 6) is 0.754. The van der Waals surface area contributed by atoms with Gasteiger partial charge in [0, 0.05) is 13.2 Å². The first kappa shape index (κ1) is 15.6. The molecule has 1 fully saturated rings. The first-order chi connectivity index (χ1) is 9.69. The maximum Gasteiger partial charge on any atom is 0.137 e. The molecule has 112 valence electrons. The van der Waals surface area contributed by atoms with Crippen LogP contribution in [0.2, 0.25) is 5.02 Å². The SMILES string of the molecule is CCC1(CO)CCN(CCOc2ccccc2Cl)CC1. The fourth-order valence-electron chi connectivity index (χ4n) is 2.72. The lowest BCUT2D eigenvalue weighted by molar-refractivity contribution is 0.0366. The number of rotatable bonds is 6. The smallest absolute Gasteiger partial charge is 0.137 e. The van der Waals surface area contributed by atoms with Crippen molar-refractivity contribution in [3.63, 3.8) is 0 Å². The van der Waals surface area contributed by atoms with Crippen LogP contribution in [0.15, 0.2) is 24.3 Å². The standard InChI is InChI=1S/C16H24ClNO2/c1-2-16(13-19)7-9-18(10-8-16)11-12-20-15-6-4-3-5-14(15)17/h3-6,19H,2,7-13H2,1H3. The fourth-order valence-corrected chi connectivity index (χ4v) is 2.91. The lowest BCUT2D eigenvalue weighted by Crippen LogP contribution is -2.43. The molecule has 1 N–H and O–H groups in total. The third-order valence-electron chi connectivity index (χ3n) is 4.50. The second kappa shape index (κ2) is 7.30. The van der Waals surface area contributed by atoms with Crippen LogP contribution in [0.25, 0.3) is 0 Å². The minimum absolute atomic E-state index is 0.153. The van der Waals surface area contributed by atoms with E-state index < -0.39 is 0 Å². The molecule has 1 aromatic rings. The van der Waals surface area contributed by atoms with Gasteiger partial charge in [0.05, 0.1) is 5.02 Å². The van der Waals surface area contributed by atoms with E-state index in [9.17, 15) is 5.11 Å². The average molecular weight is 298 g/mol. The zero-order chi connectivity index (χ0) is 14.4. The molecule has 0 aliphatic carbocycles. The van der Waals surface area contributed by atoms with Crippen LogP contribution in [0.5, 0.6) is 5.75 Å². The van der Waals surface area contributed by atoms with Crippen LogP contribution >= 0.6 is 11.6 Å². The van der Waals surface area contributed by atoms with E-state index in [0.29, 0.717) is 18.2 Å². The fraction of sp³-hybridized carbons (Fsp3) is 0.625. The zero-order valence-electron chi connectivity index (χ0n) is 12.1. The summed E-state index contributed by atoms with van der Waals surface area (Å²) in [6.45, 7) is 6.14. The molecule has 2 rings (SSSR count). The Bertz CT molecular complexity index is 411. The lowest BCUT2D eigenvalue weighted by Gasteiger charge is -2.40. The number of para-hydroxylation sites is 1. The van der Waals surface area contributed by atoms with Gasteiger partial charge in [0.1, 0.15) is 12.4 Å². The van der Waals surface area contributed by atoms with Crippen molar-refractivity contribution in [3.05, 3.63) is 29.3 Å². The van der Waals surface area contributed by atoms with Crippen molar-refractivity contribution in [1.82, 2.24) is 4.90 Å². The Labute approximate surface area is 126 Å². The summed E-state index contributed by atoms with van der Waals surface area (Å²) >= 11 is 6.05. The summed E-state index contributed by atoms with van der Waals surface area (Å²) in [6, 6.07) is 7.57. The molecule has 0 saturated carbocycles. The summed E-state index contributed by atoms with van der Waals surface area (Å²) in [5.41, 5.74) is 0.153. The largest absolute Gasteiger partial charge is 0.491 e. The first-order valence-electron chi connectivity index (χ1n) is 7.40. The highest BCUT2D eigenvalue weighted by Crippen LogP contribution is 2.34. The molecule has 0 aromatic heterocycles. The number of likely N-dealkylation sites (tertiary alicyclic amines) is 1. The Morgan fingerprint density at radius 2 is 2.00 bits per heavy atom. The van der Waals surface area contributed by atoms with Gasteiger partial charge in [-0.1, -0.05) is 30.7 Å². The van der Waals surface area contributed by atoms with Crippen molar-refractivity contribution < 1.29 is 9.84 Å². The van der Waals surface area contributed by atoms with Crippen molar-refractivity contribution in [2.75, 3.05) is 32.8 Å². The molecule has 0 bridgehead atoms. The number of piperidine rings is 1. The van der Waals surface area contributed by atoms with Gasteiger partial charge in [0.15, 0.2) is 0 Å². The molecule has 1 aliphatic rings. The van der Waals surface area contributed by atoms with Crippen molar-refractivity contribution in [1.29, 1.82) is 0 Å². The minimum atomic E-state index is 0.153. The first-order valence-corrected chi connectivity index (χ1v) is 7.77. The summed E-state index contributed by atoms with van der Waals surface area (Å²) in [4.78, 5) is 2.40. The van der Waals surface area contributed by atoms with Crippen LogP contribution in [0.1, 0.15) is 26.2 Å². The highest BCUT2D eigenvalue weighted by molar-refractivity contribution is 6.32. The Morgan fingerprint density at radius 1 is 1.30 bits per heavy atom. The summed E-state index contributed by atoms with van der Waals surface area (Å²) < 4.78 is 5.72. The summed E-state index contributed by atoms with van der Waals surface area (Å²) in [5, 5.41) is 10.2. The van der Waals surface area contributed by atoms with Crippen LogP contribution in [-0.4, -0.2) is 42.9 Å². The van der Waals surface area contributed by atoms with Gasteiger partial charge in [-0.2, -0.15) is 0 Å². The molecule has 0 amide bonds. The number of aliphatic hydroxyl groups excluding tert-OH is 1. The van der Waals surface area contributed by atoms with Crippen LogP contribution < -0.4 is 4.74 Å². The molecular formula is C16H24ClNO2. The molecule has 1 heterocycles. The summed E-state index contributed by atoms with van der Waals surface area (Å²) in [7, 11) is 0. The molecule has 20 heavy (non-hydrogen) atoms. The number of nitrogens with zero attached hydrogens (tertiary/aromatic N) is 1. The molecule has 0 atom stereocenters. The third kappa shape index (κ3) is 3.87. The maximum atomic E-state index is 9.53. The van der Waals surface area contributed by atoms with Crippen molar-refractivity contribution in [2.45, 2.75) is 26.2 Å². The van der Waals surface area contributed by atoms with Gasteiger partial charge >= 0.3 is 0 Å². The topological polar surface area (TPSA) is 32.7 Å². The van der Waals surface area contributed by atoms with Crippen LogP contribution in [0.4, 0.5) is 0 Å². The van der Waals surface area contributed by atoms with Gasteiger partial charge < -0.3 is 9.84 Å². The van der Waals surface area contributed by atoms with Crippen LogP contribution in [0, 0.1) is 5.41 Å². The Hall–Kier alpha value is -0.770. The molecule has 1 aliphatic heterocycles. The van der Waals surface area contributed by atoms with E-state index >= 15 is 0 Å². The molecule has 3 nitrogen and oxygen atoms in total. The van der Waals surface area contributed by atoms with E-state index in [0.717, 1.165) is 44.6 Å². The highest BCUT2D eigenvalue weighted by Gasteiger charge is 2.31. The van der Waals surface area contributed by atoms with E-state index in [2.05, 4.69) is 11.8 Å². The second-order valence-electron chi connectivity index (χ2n) is 5.63. The molecule has 1 saturated heterocycles. The molecule has 0 radical (unpaired) electrons. The summed E-state index contributed by atoms with van der Waals surface area (Å²) in [6.07, 6.45) is 3.21. The van der Waals surface area contributed by atoms with Crippen LogP contribution in [-0.2, 0) is 0 Å². The Balaban J connectivity index is 1.73. The van der Waals surface area contributed by atoms with Gasteiger partial charge in [-0.15, -0.1) is 0 Å². The number of benzene rings is 1. The van der Waals surface area contributed by atoms with E-state index in [1.165, 1.54) is 0 Å². The Kier molecular flexibility index (Phi) is 5.70. The second-order valence-corrected chi connectivity index (χ2v) is 6.04. The minimum Gasteiger partial charge on any atom is -0.491 e. The highest BCUT2D eigenvalue weighted by atomic mass is 35.5. The molecular weight excluding hydrogens is 274 g/mol. The molecule has 4 heteroatoms. The van der Waals surface area contributed by atoms with Gasteiger partial charge in [-0.25, -0.2) is 0 Å². The van der Waals surface area contributed by atoms with Crippen molar-refractivity contribution >= 4 is 11.6 Å². The molecule has 0 unspecified atom stereocenters. The number of ether oxygens (including phenoxy) is 1. The van der Waals surface area contributed by atoms with Crippen molar-refractivity contribution in [3.8, 4) is 5.75 Å². The predicted molar refractivity (Wildman–Crippen MR) is 82.4 cm³/mol. The van der Waals surface area contributed by atoms with Gasteiger partial charge in [0.2, 0.25) is 0 Å². The lowest BCUT2D eigenvalue weighted by atomic mass is 9.77. The monoisotopic (exact) mass is 297 g/mol. The van der Waals surface area contributed by atoms with Crippen molar-refractivity contribution in [2.24, 2.45) is 5.41 Å². The van der Waals surface area contributed by atoms with Gasteiger partial charge in [-0.3, -0.25) is 4.90 Å². The number of aliphatic hydroxyl groups is 1. The van der Waals surface area contributed by atoms with E-state index in [4.69, 9.17) is 16.3 Å². The number of hydrogen-bond acceptors (Lipinski definition) is 3. The van der Waals surface area contributed by atoms with Gasteiger partial charge in [-0.05, 0) is 49.9 Å². The Morgan fingerprint density at radius 3 is 2.60 bits per heavy atom. The number of hydrogen-bond donors (Lipinski definition) is 1.